The van der Waals surface area contributed by atoms with E-state index in [4.69, 9.17) is 24.9 Å². The summed E-state index contributed by atoms with van der Waals surface area (Å²) in [7, 11) is 0. The van der Waals surface area contributed by atoms with Crippen molar-refractivity contribution < 1.29 is 0 Å². The molecule has 1 saturated carbocycles. The molecule has 0 saturated heterocycles. The third kappa shape index (κ3) is 14.5. The number of hydrogen-bond acceptors (Lipinski definition) is 7. The van der Waals surface area contributed by atoms with Gasteiger partial charge < -0.3 is 18.3 Å². The molecule has 0 atom stereocenters. The number of benzene rings is 15. The Hall–Kier alpha value is -16.9. The first-order valence-corrected chi connectivity index (χ1v) is 44.6. The van der Waals surface area contributed by atoms with Gasteiger partial charge >= 0.3 is 0 Å². The molecule has 0 amide bonds. The number of nitrogens with zero attached hydrogens (tertiary/aromatic N) is 11. The van der Waals surface area contributed by atoms with Crippen LogP contribution in [0.25, 0.3) is 201 Å². The van der Waals surface area contributed by atoms with Gasteiger partial charge in [0.15, 0.2) is 11.6 Å². The molecule has 0 radical (unpaired) electrons. The fraction of sp³-hybridized carbons (Fsp3) is 0.0504. The second-order valence-corrected chi connectivity index (χ2v) is 33.4. The molecule has 0 N–H and O–H groups in total. The van der Waals surface area contributed by atoms with Crippen molar-refractivity contribution in [1.29, 1.82) is 0 Å². The van der Waals surface area contributed by atoms with Gasteiger partial charge in [0.1, 0.15) is 0 Å². The Kier molecular flexibility index (Phi) is 20.3. The lowest BCUT2D eigenvalue weighted by Crippen LogP contribution is -2.30. The first-order valence-electron chi connectivity index (χ1n) is 44.6. The fourth-order valence-corrected chi connectivity index (χ4v) is 19.6. The molecule has 1 fully saturated rings. The van der Waals surface area contributed by atoms with E-state index < -0.39 is 0 Å². The van der Waals surface area contributed by atoms with Crippen molar-refractivity contribution in [2.75, 3.05) is 0 Å². The summed E-state index contributed by atoms with van der Waals surface area (Å²) >= 11 is 0. The zero-order valence-electron chi connectivity index (χ0n) is 71.3. The van der Waals surface area contributed by atoms with E-state index in [0.29, 0.717) is 5.82 Å². The van der Waals surface area contributed by atoms with Crippen LogP contribution in [0.3, 0.4) is 0 Å². The number of hydrogen-bond donors (Lipinski definition) is 0. The van der Waals surface area contributed by atoms with Crippen LogP contribution in [0.5, 0.6) is 0 Å². The van der Waals surface area contributed by atoms with E-state index in [1.54, 1.807) is 0 Å². The predicted octanol–water partition coefficient (Wildman–Crippen LogP) is 29.8. The van der Waals surface area contributed by atoms with Crippen molar-refractivity contribution in [2.45, 2.75) is 37.5 Å². The van der Waals surface area contributed by atoms with Gasteiger partial charge in [-0.3, -0.25) is 9.97 Å². The average molecular weight is 1670 g/mol. The van der Waals surface area contributed by atoms with Gasteiger partial charge in [0.2, 0.25) is 0 Å². The van der Waals surface area contributed by atoms with E-state index in [0.717, 1.165) is 137 Å². The van der Waals surface area contributed by atoms with Gasteiger partial charge in [0.05, 0.1) is 89.7 Å². The second-order valence-electron chi connectivity index (χ2n) is 33.4. The SMILES string of the molecule is c1ccc(-c2cc(-c3cc(-n4c5ccccc5c5ccccc54)cc(-n4c5ccccc5c5ccccc54)c3)nc(-c3ccccc3)n2)cc1.c1ccc(-c2cc(-c3ccc(-n4c5ccccc5c5ccccc54)cc3)nc(-c3ccccc3)n2)cc1.c1ccc(-c2cc(C3(c4ccc(-n5c6ccccc6c6ccccc65)cc4)CCCCC3)cc(-c3ccccn3)n2)nc1. The summed E-state index contributed by atoms with van der Waals surface area (Å²) in [6.45, 7) is 0. The molecule has 0 spiro atoms. The predicted molar refractivity (Wildman–Crippen MR) is 535 cm³/mol. The Morgan fingerprint density at radius 3 is 0.777 bits per heavy atom. The van der Waals surface area contributed by atoms with Gasteiger partial charge in [-0.2, -0.15) is 0 Å². The summed E-state index contributed by atoms with van der Waals surface area (Å²) in [5, 5.41) is 10.0. The molecule has 616 valence electrons. The maximum atomic E-state index is 5.26. The zero-order valence-corrected chi connectivity index (χ0v) is 71.3. The monoisotopic (exact) mass is 1670 g/mol. The van der Waals surface area contributed by atoms with Crippen molar-refractivity contribution in [2.24, 2.45) is 0 Å². The van der Waals surface area contributed by atoms with Crippen molar-refractivity contribution in [3.63, 3.8) is 0 Å². The van der Waals surface area contributed by atoms with Gasteiger partial charge in [-0.05, 0) is 163 Å². The van der Waals surface area contributed by atoms with Crippen LogP contribution in [0.15, 0.2) is 455 Å². The van der Waals surface area contributed by atoms with Crippen LogP contribution in [0.2, 0.25) is 0 Å². The van der Waals surface area contributed by atoms with Crippen LogP contribution in [0.4, 0.5) is 0 Å². The maximum absolute atomic E-state index is 5.26. The van der Waals surface area contributed by atoms with Crippen LogP contribution in [0.1, 0.15) is 43.2 Å². The highest BCUT2D eigenvalue weighted by Crippen LogP contribution is 2.48. The molecule has 130 heavy (non-hydrogen) atoms. The average Bonchev–Trinajstić information content (AvgIpc) is 1.55. The topological polar surface area (TPSA) is 110 Å². The summed E-state index contributed by atoms with van der Waals surface area (Å²) < 4.78 is 9.51. The van der Waals surface area contributed by atoms with Gasteiger partial charge in [-0.1, -0.05) is 323 Å². The van der Waals surface area contributed by atoms with Crippen LogP contribution in [-0.4, -0.2) is 53.2 Å². The van der Waals surface area contributed by atoms with Crippen LogP contribution in [-0.2, 0) is 5.41 Å². The normalized spacial score (nSPS) is 12.5. The minimum absolute atomic E-state index is 0.104. The fourth-order valence-electron chi connectivity index (χ4n) is 19.6. The molecule has 0 bridgehead atoms. The standard InChI is InChI=1S/C46H30N4.C39H32N4.C34H23N3/c1-3-15-31(16-4-1)40-30-41(48-46(47-40)32-17-5-2-6-18-32)33-27-34(49-42-23-11-7-19-36(42)37-20-8-12-24-43(37)49)29-35(28-33)50-44-25-13-9-21-38(44)39-22-10-14-26-45(39)50;1-8-22-39(23-9-1,29-26-35(33-14-6-10-24-40-33)42-36(27-29)34-15-7-11-25-41-34)28-18-20-30(21-19-28)43-37-16-4-2-12-31(37)32-13-3-5-17-38(32)43;1-3-11-24(12-4-1)30-23-31(36-34(35-30)26-13-5-2-6-14-26)25-19-21-27(22-20-25)37-32-17-9-7-15-28(32)29-16-8-10-18-33(29)37/h1-30H;2-7,10-21,24-27H,1,8-9,22-23H2;1-23H. The van der Waals surface area contributed by atoms with Crippen molar-refractivity contribution in [1.82, 2.24) is 53.2 Å². The summed E-state index contributed by atoms with van der Waals surface area (Å²) in [6, 6.07) is 156. The molecule has 25 rings (SSSR count). The lowest BCUT2D eigenvalue weighted by Gasteiger charge is -2.39. The Morgan fingerprint density at radius 1 is 0.177 bits per heavy atom. The minimum Gasteiger partial charge on any atom is -0.309 e. The van der Waals surface area contributed by atoms with Gasteiger partial charge in [0.25, 0.3) is 0 Å². The number of aromatic nitrogens is 11. The number of rotatable bonds is 14. The van der Waals surface area contributed by atoms with Gasteiger partial charge in [-0.15, -0.1) is 0 Å². The van der Waals surface area contributed by atoms with Gasteiger partial charge in [-0.25, -0.2) is 24.9 Å². The van der Waals surface area contributed by atoms with Crippen LogP contribution in [0, 0.1) is 0 Å². The quantitative estimate of drug-likeness (QED) is 0.107. The largest absolute Gasteiger partial charge is 0.309 e. The molecule has 11 nitrogen and oxygen atoms in total. The first-order chi connectivity index (χ1) is 64.4. The molecule has 9 aromatic heterocycles. The van der Waals surface area contributed by atoms with Crippen LogP contribution < -0.4 is 0 Å². The lowest BCUT2D eigenvalue weighted by molar-refractivity contribution is 0.346. The Labute approximate surface area is 752 Å². The van der Waals surface area contributed by atoms with Crippen molar-refractivity contribution >= 4 is 87.2 Å². The summed E-state index contributed by atoms with van der Waals surface area (Å²) in [4.78, 5) is 34.6. The summed E-state index contributed by atoms with van der Waals surface area (Å²) in [6.07, 6.45) is 9.57. The highest BCUT2D eigenvalue weighted by Gasteiger charge is 2.37. The third-order valence-electron chi connectivity index (χ3n) is 25.7. The molecule has 15 aromatic carbocycles. The highest BCUT2D eigenvalue weighted by molar-refractivity contribution is 6.13. The zero-order chi connectivity index (χ0) is 86.3. The molecule has 11 heteroatoms. The Morgan fingerprint density at radius 2 is 0.454 bits per heavy atom. The Balaban J connectivity index is 0.000000112. The lowest BCUT2D eigenvalue weighted by atomic mass is 9.65. The molecule has 0 aliphatic heterocycles. The van der Waals surface area contributed by atoms with E-state index >= 15 is 0 Å². The van der Waals surface area contributed by atoms with E-state index in [1.165, 1.54) is 101 Å². The minimum atomic E-state index is -0.104. The van der Waals surface area contributed by atoms with Crippen LogP contribution >= 0.6 is 0 Å². The van der Waals surface area contributed by atoms with E-state index in [9.17, 15) is 0 Å². The molecular weight excluding hydrogens is 1580 g/mol. The van der Waals surface area contributed by atoms with E-state index in [1.807, 2.05) is 109 Å². The summed E-state index contributed by atoms with van der Waals surface area (Å²) in [5.74, 6) is 1.42. The van der Waals surface area contributed by atoms with E-state index in [-0.39, 0.29) is 5.41 Å². The second kappa shape index (κ2) is 33.9. The smallest absolute Gasteiger partial charge is 0.160 e. The maximum Gasteiger partial charge on any atom is 0.160 e. The van der Waals surface area contributed by atoms with Crippen molar-refractivity contribution in [3.8, 4) is 113 Å². The third-order valence-corrected chi connectivity index (χ3v) is 25.7. The number of para-hydroxylation sites is 8. The molecule has 1 aliphatic carbocycles. The first kappa shape index (κ1) is 77.9. The Bertz CT molecular complexity index is 7770. The molecule has 1 aliphatic rings. The van der Waals surface area contributed by atoms with Gasteiger partial charge in [0, 0.05) is 117 Å². The van der Waals surface area contributed by atoms with E-state index in [2.05, 4.69) is 374 Å². The molecular formula is C119H85N11. The number of pyridine rings is 3. The number of fused-ring (bicyclic) bond motifs is 12. The molecule has 0 unspecified atom stereocenters. The summed E-state index contributed by atoms with van der Waals surface area (Å²) in [5.41, 5.74) is 29.8. The molecule has 24 aromatic rings. The highest BCUT2D eigenvalue weighted by atomic mass is 15.0. The molecule has 9 heterocycles. The van der Waals surface area contributed by atoms with Crippen molar-refractivity contribution in [3.05, 3.63) is 466 Å².